The molecule has 2 saturated heterocycles. The minimum atomic E-state index is -0.0750. The maximum atomic E-state index is 13.3. The molecular weight excluding hydrogens is 412 g/mol. The molecule has 0 aliphatic carbocycles. The van der Waals surface area contributed by atoms with Crippen molar-refractivity contribution in [2.45, 2.75) is 46.1 Å². The van der Waals surface area contributed by atoms with Gasteiger partial charge in [0.05, 0.1) is 0 Å². The van der Waals surface area contributed by atoms with E-state index in [0.717, 1.165) is 50.5 Å². The zero-order valence-electron chi connectivity index (χ0n) is 20.1. The van der Waals surface area contributed by atoms with Crippen molar-refractivity contribution in [1.82, 2.24) is 9.80 Å². The maximum absolute atomic E-state index is 13.3. The van der Waals surface area contributed by atoms with E-state index in [0.29, 0.717) is 6.42 Å². The average molecular weight is 449 g/mol. The van der Waals surface area contributed by atoms with Crippen molar-refractivity contribution in [2.75, 3.05) is 49.5 Å². The Balaban J connectivity index is 1.41. The zero-order chi connectivity index (χ0) is 23.4. The van der Waals surface area contributed by atoms with Gasteiger partial charge in [0, 0.05) is 56.9 Å². The molecule has 0 bridgehead atoms. The van der Waals surface area contributed by atoms with Crippen molar-refractivity contribution in [3.05, 3.63) is 59.2 Å². The molecule has 6 nitrogen and oxygen atoms in total. The van der Waals surface area contributed by atoms with Crippen LogP contribution in [0.2, 0.25) is 0 Å². The predicted molar refractivity (Wildman–Crippen MR) is 134 cm³/mol. The molecule has 2 amide bonds. The molecule has 33 heavy (non-hydrogen) atoms. The highest BCUT2D eigenvalue weighted by Gasteiger charge is 2.29. The summed E-state index contributed by atoms with van der Waals surface area (Å²) in [6.07, 6.45) is 2.87. The van der Waals surface area contributed by atoms with E-state index in [-0.39, 0.29) is 17.9 Å². The summed E-state index contributed by atoms with van der Waals surface area (Å²) in [4.78, 5) is 31.6. The van der Waals surface area contributed by atoms with Gasteiger partial charge in [-0.2, -0.15) is 0 Å². The molecule has 1 N–H and O–H groups in total. The Morgan fingerprint density at radius 2 is 1.58 bits per heavy atom. The standard InChI is InChI=1S/C27H36N4O2/c1-20-6-7-21(2)25(18-20)30-14-16-31(17-15-30)27(33)19-26(29-12-4-5-13-29)23-8-10-24(11-9-23)28-22(3)32/h6-11,18,26H,4-5,12-17,19H2,1-3H3,(H,28,32)/t26-/m0/s1. The molecule has 0 radical (unpaired) electrons. The number of carbonyl (C=O) groups excluding carboxylic acids is 2. The number of rotatable bonds is 6. The van der Waals surface area contributed by atoms with Gasteiger partial charge in [0.1, 0.15) is 0 Å². The molecule has 0 spiro atoms. The minimum absolute atomic E-state index is 0.0750. The van der Waals surface area contributed by atoms with E-state index in [1.54, 1.807) is 0 Å². The van der Waals surface area contributed by atoms with Gasteiger partial charge < -0.3 is 15.1 Å². The zero-order valence-corrected chi connectivity index (χ0v) is 20.1. The highest BCUT2D eigenvalue weighted by Crippen LogP contribution is 2.30. The van der Waals surface area contributed by atoms with Crippen molar-refractivity contribution < 1.29 is 9.59 Å². The van der Waals surface area contributed by atoms with E-state index in [9.17, 15) is 9.59 Å². The molecule has 2 aliphatic heterocycles. The molecule has 0 aromatic heterocycles. The van der Waals surface area contributed by atoms with Crippen LogP contribution < -0.4 is 10.2 Å². The Labute approximate surface area is 197 Å². The summed E-state index contributed by atoms with van der Waals surface area (Å²) in [5.41, 5.74) is 5.79. The number of likely N-dealkylation sites (tertiary alicyclic amines) is 1. The van der Waals surface area contributed by atoms with Gasteiger partial charge in [-0.15, -0.1) is 0 Å². The predicted octanol–water partition coefficient (Wildman–Crippen LogP) is 4.14. The first kappa shape index (κ1) is 23.3. The van der Waals surface area contributed by atoms with Gasteiger partial charge in [0.15, 0.2) is 0 Å². The summed E-state index contributed by atoms with van der Waals surface area (Å²) in [6, 6.07) is 14.7. The molecule has 1 atom stereocenters. The number of benzene rings is 2. The van der Waals surface area contributed by atoms with Crippen LogP contribution in [0.15, 0.2) is 42.5 Å². The van der Waals surface area contributed by atoms with Crippen LogP contribution in [0.25, 0.3) is 0 Å². The third kappa shape index (κ3) is 5.74. The number of aryl methyl sites for hydroxylation is 2. The molecule has 2 aromatic carbocycles. The lowest BCUT2D eigenvalue weighted by Gasteiger charge is -2.38. The number of nitrogens with zero attached hydrogens (tertiary/aromatic N) is 3. The van der Waals surface area contributed by atoms with Gasteiger partial charge in [-0.05, 0) is 74.7 Å². The van der Waals surface area contributed by atoms with Crippen molar-refractivity contribution in [3.63, 3.8) is 0 Å². The van der Waals surface area contributed by atoms with Crippen molar-refractivity contribution >= 4 is 23.2 Å². The Morgan fingerprint density at radius 3 is 2.21 bits per heavy atom. The van der Waals surface area contributed by atoms with Crippen molar-refractivity contribution in [3.8, 4) is 0 Å². The summed E-state index contributed by atoms with van der Waals surface area (Å²) in [6.45, 7) is 11.1. The first-order valence-electron chi connectivity index (χ1n) is 12.1. The van der Waals surface area contributed by atoms with Crippen LogP contribution in [0.3, 0.4) is 0 Å². The fourth-order valence-electron chi connectivity index (χ4n) is 5.05. The molecule has 2 fully saturated rings. The summed E-state index contributed by atoms with van der Waals surface area (Å²) in [5, 5.41) is 2.83. The van der Waals surface area contributed by atoms with Gasteiger partial charge in [-0.1, -0.05) is 24.3 Å². The van der Waals surface area contributed by atoms with E-state index in [1.165, 1.54) is 36.6 Å². The second kappa shape index (κ2) is 10.4. The molecule has 2 heterocycles. The third-order valence-electron chi connectivity index (χ3n) is 6.90. The van der Waals surface area contributed by atoms with E-state index >= 15 is 0 Å². The lowest BCUT2D eigenvalue weighted by molar-refractivity contribution is -0.132. The fourth-order valence-corrected chi connectivity index (χ4v) is 5.05. The molecule has 176 valence electrons. The van der Waals surface area contributed by atoms with Crippen LogP contribution in [-0.2, 0) is 9.59 Å². The second-order valence-electron chi connectivity index (χ2n) is 9.42. The first-order valence-corrected chi connectivity index (χ1v) is 12.1. The average Bonchev–Trinajstić information content (AvgIpc) is 3.34. The molecule has 2 aromatic rings. The maximum Gasteiger partial charge on any atom is 0.224 e. The smallest absolute Gasteiger partial charge is 0.224 e. The number of carbonyl (C=O) groups is 2. The highest BCUT2D eigenvalue weighted by molar-refractivity contribution is 5.88. The van der Waals surface area contributed by atoms with Crippen LogP contribution in [0, 0.1) is 13.8 Å². The molecular formula is C27H36N4O2. The monoisotopic (exact) mass is 448 g/mol. The number of hydrogen-bond donors (Lipinski definition) is 1. The summed E-state index contributed by atoms with van der Waals surface area (Å²) >= 11 is 0. The number of hydrogen-bond acceptors (Lipinski definition) is 4. The van der Waals surface area contributed by atoms with E-state index in [4.69, 9.17) is 0 Å². The lowest BCUT2D eigenvalue weighted by atomic mass is 10.0. The topological polar surface area (TPSA) is 55.9 Å². The lowest BCUT2D eigenvalue weighted by Crippen LogP contribution is -2.49. The van der Waals surface area contributed by atoms with E-state index in [1.807, 2.05) is 17.0 Å². The van der Waals surface area contributed by atoms with E-state index in [2.05, 4.69) is 59.3 Å². The molecule has 0 unspecified atom stereocenters. The quantitative estimate of drug-likeness (QED) is 0.722. The number of anilines is 2. The first-order chi connectivity index (χ1) is 15.9. The van der Waals surface area contributed by atoms with Crippen LogP contribution >= 0.6 is 0 Å². The van der Waals surface area contributed by atoms with Crippen molar-refractivity contribution in [1.29, 1.82) is 0 Å². The Bertz CT molecular complexity index is 974. The number of piperazine rings is 1. The molecule has 6 heteroatoms. The minimum Gasteiger partial charge on any atom is -0.368 e. The second-order valence-corrected chi connectivity index (χ2v) is 9.42. The summed E-state index contributed by atoms with van der Waals surface area (Å²) < 4.78 is 0. The van der Waals surface area contributed by atoms with Gasteiger partial charge in [0.25, 0.3) is 0 Å². The van der Waals surface area contributed by atoms with Crippen molar-refractivity contribution in [2.24, 2.45) is 0 Å². The Kier molecular flexibility index (Phi) is 7.33. The van der Waals surface area contributed by atoms with Crippen LogP contribution in [-0.4, -0.2) is 60.9 Å². The normalized spacial score (nSPS) is 17.8. The van der Waals surface area contributed by atoms with Crippen LogP contribution in [0.1, 0.15) is 48.9 Å². The number of nitrogens with one attached hydrogen (secondary N) is 1. The van der Waals surface area contributed by atoms with Gasteiger partial charge in [0.2, 0.25) is 11.8 Å². The van der Waals surface area contributed by atoms with Crippen LogP contribution in [0.4, 0.5) is 11.4 Å². The van der Waals surface area contributed by atoms with Gasteiger partial charge in [-0.3, -0.25) is 14.5 Å². The largest absolute Gasteiger partial charge is 0.368 e. The Morgan fingerprint density at radius 1 is 0.909 bits per heavy atom. The molecule has 4 rings (SSSR count). The van der Waals surface area contributed by atoms with Crippen LogP contribution in [0.5, 0.6) is 0 Å². The molecule has 2 aliphatic rings. The third-order valence-corrected chi connectivity index (χ3v) is 6.90. The number of amides is 2. The Hall–Kier alpha value is -2.86. The van der Waals surface area contributed by atoms with Gasteiger partial charge >= 0.3 is 0 Å². The highest BCUT2D eigenvalue weighted by atomic mass is 16.2. The SMILES string of the molecule is CC(=O)Nc1ccc([C@H](CC(=O)N2CCN(c3cc(C)ccc3C)CC2)N2CCCC2)cc1. The van der Waals surface area contributed by atoms with Gasteiger partial charge in [-0.25, -0.2) is 0 Å². The summed E-state index contributed by atoms with van der Waals surface area (Å²) in [7, 11) is 0. The fraction of sp³-hybridized carbons (Fsp3) is 0.481. The molecule has 0 saturated carbocycles. The summed E-state index contributed by atoms with van der Waals surface area (Å²) in [5.74, 6) is 0.160. The van der Waals surface area contributed by atoms with E-state index < -0.39 is 0 Å².